The molecule has 1 unspecified atom stereocenters. The molecule has 4 nitrogen and oxygen atoms in total. The van der Waals surface area contributed by atoms with Crippen LogP contribution in [0.25, 0.3) is 0 Å². The first-order valence-corrected chi connectivity index (χ1v) is 7.26. The number of aromatic nitrogens is 3. The Morgan fingerprint density at radius 2 is 2.05 bits per heavy atom. The van der Waals surface area contributed by atoms with Gasteiger partial charge in [-0.3, -0.25) is 9.67 Å². The SMILES string of the molecule is CCNC(CCc1ccnn1C)c1ccc(C)nc1C. The quantitative estimate of drug-likeness (QED) is 0.879. The molecule has 108 valence electrons. The van der Waals surface area contributed by atoms with E-state index in [1.54, 1.807) is 0 Å². The number of hydrogen-bond acceptors (Lipinski definition) is 3. The van der Waals surface area contributed by atoms with Crippen molar-refractivity contribution in [2.24, 2.45) is 7.05 Å². The summed E-state index contributed by atoms with van der Waals surface area (Å²) >= 11 is 0. The number of rotatable bonds is 6. The van der Waals surface area contributed by atoms with E-state index in [1.807, 2.05) is 24.9 Å². The third-order valence-corrected chi connectivity index (χ3v) is 3.70. The Morgan fingerprint density at radius 3 is 2.65 bits per heavy atom. The lowest BCUT2D eigenvalue weighted by Gasteiger charge is -2.20. The highest BCUT2D eigenvalue weighted by Gasteiger charge is 2.14. The van der Waals surface area contributed by atoms with Gasteiger partial charge in [-0.05, 0) is 50.9 Å². The second-order valence-electron chi connectivity index (χ2n) is 5.22. The monoisotopic (exact) mass is 272 g/mol. The van der Waals surface area contributed by atoms with Crippen molar-refractivity contribution in [3.63, 3.8) is 0 Å². The minimum Gasteiger partial charge on any atom is -0.310 e. The Hall–Kier alpha value is -1.68. The predicted octanol–water partition coefficient (Wildman–Crippen LogP) is 2.72. The van der Waals surface area contributed by atoms with Crippen molar-refractivity contribution in [3.05, 3.63) is 47.0 Å². The summed E-state index contributed by atoms with van der Waals surface area (Å²) in [6.45, 7) is 7.24. The molecule has 0 radical (unpaired) electrons. The van der Waals surface area contributed by atoms with Gasteiger partial charge in [0.2, 0.25) is 0 Å². The smallest absolute Gasteiger partial charge is 0.0492 e. The Bertz CT molecular complexity index is 559. The Labute approximate surface area is 121 Å². The third kappa shape index (κ3) is 3.45. The summed E-state index contributed by atoms with van der Waals surface area (Å²) in [7, 11) is 2.00. The molecule has 1 N–H and O–H groups in total. The van der Waals surface area contributed by atoms with Gasteiger partial charge in [-0.1, -0.05) is 13.0 Å². The van der Waals surface area contributed by atoms with Gasteiger partial charge in [-0.15, -0.1) is 0 Å². The zero-order chi connectivity index (χ0) is 14.5. The summed E-state index contributed by atoms with van der Waals surface area (Å²) < 4.78 is 1.95. The van der Waals surface area contributed by atoms with Gasteiger partial charge in [-0.2, -0.15) is 5.10 Å². The van der Waals surface area contributed by atoms with Crippen molar-refractivity contribution >= 4 is 0 Å². The average Bonchev–Trinajstić information content (AvgIpc) is 2.81. The maximum absolute atomic E-state index is 4.58. The van der Waals surface area contributed by atoms with Crippen molar-refractivity contribution in [3.8, 4) is 0 Å². The molecule has 2 heterocycles. The third-order valence-electron chi connectivity index (χ3n) is 3.70. The van der Waals surface area contributed by atoms with Crippen molar-refractivity contribution in [2.75, 3.05) is 6.54 Å². The van der Waals surface area contributed by atoms with Crippen LogP contribution in [0.15, 0.2) is 24.4 Å². The topological polar surface area (TPSA) is 42.7 Å². The van der Waals surface area contributed by atoms with Crippen LogP contribution in [0.5, 0.6) is 0 Å². The van der Waals surface area contributed by atoms with E-state index in [2.05, 4.69) is 47.4 Å². The Kier molecular flexibility index (Phi) is 4.90. The van der Waals surface area contributed by atoms with Gasteiger partial charge in [0.1, 0.15) is 0 Å². The number of nitrogens with zero attached hydrogens (tertiary/aromatic N) is 3. The van der Waals surface area contributed by atoms with Gasteiger partial charge >= 0.3 is 0 Å². The summed E-state index contributed by atoms with van der Waals surface area (Å²) in [5.74, 6) is 0. The van der Waals surface area contributed by atoms with Crippen molar-refractivity contribution in [1.82, 2.24) is 20.1 Å². The summed E-state index contributed by atoms with van der Waals surface area (Å²) in [5.41, 5.74) is 4.78. The molecular weight excluding hydrogens is 248 g/mol. The van der Waals surface area contributed by atoms with E-state index in [9.17, 15) is 0 Å². The fraction of sp³-hybridized carbons (Fsp3) is 0.500. The van der Waals surface area contributed by atoms with Gasteiger partial charge in [0.05, 0.1) is 0 Å². The van der Waals surface area contributed by atoms with Gasteiger partial charge in [-0.25, -0.2) is 0 Å². The average molecular weight is 272 g/mol. The molecule has 0 aliphatic rings. The molecule has 0 amide bonds. The van der Waals surface area contributed by atoms with E-state index < -0.39 is 0 Å². The molecule has 0 aliphatic carbocycles. The molecule has 0 bridgehead atoms. The second kappa shape index (κ2) is 6.66. The Morgan fingerprint density at radius 1 is 1.25 bits per heavy atom. The fourth-order valence-corrected chi connectivity index (χ4v) is 2.62. The molecule has 2 aromatic rings. The van der Waals surface area contributed by atoms with E-state index in [-0.39, 0.29) is 0 Å². The standard InChI is InChI=1S/C16H24N4/c1-5-17-16(9-7-14-10-11-18-20(14)4)15-8-6-12(2)19-13(15)3/h6,8,10-11,16-17H,5,7,9H2,1-4H3. The number of nitrogens with one attached hydrogen (secondary N) is 1. The first-order chi connectivity index (χ1) is 9.61. The molecular formula is C16H24N4. The van der Waals surface area contributed by atoms with E-state index >= 15 is 0 Å². The molecule has 0 aromatic carbocycles. The summed E-state index contributed by atoms with van der Waals surface area (Å²) in [4.78, 5) is 4.58. The van der Waals surface area contributed by atoms with E-state index in [0.29, 0.717) is 6.04 Å². The minimum absolute atomic E-state index is 0.350. The second-order valence-corrected chi connectivity index (χ2v) is 5.22. The molecule has 0 aliphatic heterocycles. The molecule has 20 heavy (non-hydrogen) atoms. The van der Waals surface area contributed by atoms with Crippen LogP contribution in [0, 0.1) is 13.8 Å². The van der Waals surface area contributed by atoms with Gasteiger partial charge in [0.25, 0.3) is 0 Å². The van der Waals surface area contributed by atoms with Crippen molar-refractivity contribution in [2.45, 2.75) is 39.7 Å². The number of aryl methyl sites for hydroxylation is 4. The van der Waals surface area contributed by atoms with Crippen LogP contribution in [0.1, 0.15) is 42.0 Å². The first kappa shape index (κ1) is 14.7. The van der Waals surface area contributed by atoms with Crippen LogP contribution in [-0.4, -0.2) is 21.3 Å². The van der Waals surface area contributed by atoms with E-state index in [1.165, 1.54) is 11.3 Å². The maximum Gasteiger partial charge on any atom is 0.0492 e. The maximum atomic E-state index is 4.58. The summed E-state index contributed by atoms with van der Waals surface area (Å²) in [5, 5.41) is 7.80. The lowest BCUT2D eigenvalue weighted by atomic mass is 9.99. The summed E-state index contributed by atoms with van der Waals surface area (Å²) in [6.07, 6.45) is 3.93. The minimum atomic E-state index is 0.350. The highest BCUT2D eigenvalue weighted by Crippen LogP contribution is 2.21. The molecule has 0 saturated heterocycles. The molecule has 2 aromatic heterocycles. The van der Waals surface area contributed by atoms with E-state index in [4.69, 9.17) is 0 Å². The van der Waals surface area contributed by atoms with Crippen LogP contribution in [0.4, 0.5) is 0 Å². The predicted molar refractivity (Wildman–Crippen MR) is 81.7 cm³/mol. The molecule has 4 heteroatoms. The number of pyridine rings is 1. The fourth-order valence-electron chi connectivity index (χ4n) is 2.62. The summed E-state index contributed by atoms with van der Waals surface area (Å²) in [6, 6.07) is 6.73. The zero-order valence-electron chi connectivity index (χ0n) is 12.8. The van der Waals surface area contributed by atoms with Crippen LogP contribution >= 0.6 is 0 Å². The van der Waals surface area contributed by atoms with Crippen LogP contribution in [-0.2, 0) is 13.5 Å². The zero-order valence-corrected chi connectivity index (χ0v) is 12.8. The van der Waals surface area contributed by atoms with Gasteiger partial charge in [0, 0.05) is 36.4 Å². The largest absolute Gasteiger partial charge is 0.310 e. The highest BCUT2D eigenvalue weighted by molar-refractivity contribution is 5.25. The first-order valence-electron chi connectivity index (χ1n) is 7.26. The van der Waals surface area contributed by atoms with Crippen molar-refractivity contribution < 1.29 is 0 Å². The Balaban J connectivity index is 2.12. The lowest BCUT2D eigenvalue weighted by molar-refractivity contribution is 0.502. The van der Waals surface area contributed by atoms with Crippen LogP contribution in [0.3, 0.4) is 0 Å². The molecule has 2 rings (SSSR count). The van der Waals surface area contributed by atoms with Crippen LogP contribution < -0.4 is 5.32 Å². The normalized spacial score (nSPS) is 12.6. The molecule has 1 atom stereocenters. The van der Waals surface area contributed by atoms with Crippen LogP contribution in [0.2, 0.25) is 0 Å². The lowest BCUT2D eigenvalue weighted by Crippen LogP contribution is -2.23. The van der Waals surface area contributed by atoms with E-state index in [0.717, 1.165) is 30.8 Å². The number of hydrogen-bond donors (Lipinski definition) is 1. The van der Waals surface area contributed by atoms with Crippen molar-refractivity contribution in [1.29, 1.82) is 0 Å². The molecule has 0 saturated carbocycles. The molecule has 0 fully saturated rings. The molecule has 0 spiro atoms. The van der Waals surface area contributed by atoms with Gasteiger partial charge in [0.15, 0.2) is 0 Å². The van der Waals surface area contributed by atoms with Gasteiger partial charge < -0.3 is 5.32 Å². The highest BCUT2D eigenvalue weighted by atomic mass is 15.2.